The van der Waals surface area contributed by atoms with E-state index in [9.17, 15) is 0 Å². The van der Waals surface area contributed by atoms with Crippen LogP contribution in [0.3, 0.4) is 0 Å². The smallest absolute Gasteiger partial charge is 0.226 e. The fraction of sp³-hybridized carbons (Fsp3) is 0.269. The first-order valence-corrected chi connectivity index (χ1v) is 9.95. The molecule has 0 atom stereocenters. The second kappa shape index (κ2) is 6.63. The van der Waals surface area contributed by atoms with Crippen molar-refractivity contribution in [2.24, 2.45) is 7.05 Å². The number of fused-ring (bicyclic) bond motifs is 1. The highest BCUT2D eigenvalue weighted by Crippen LogP contribution is 2.33. The minimum absolute atomic E-state index is 0.0413. The predicted molar refractivity (Wildman–Crippen MR) is 118 cm³/mol. The van der Waals surface area contributed by atoms with Gasteiger partial charge in [0, 0.05) is 0 Å². The van der Waals surface area contributed by atoms with Crippen LogP contribution in [0.4, 0.5) is 0 Å². The number of imidazole rings is 1. The van der Waals surface area contributed by atoms with E-state index in [4.69, 9.17) is 0 Å². The topological polar surface area (TPSA) is 8.81 Å². The van der Waals surface area contributed by atoms with Crippen molar-refractivity contribution < 1.29 is 4.57 Å². The number of hydrogen-bond acceptors (Lipinski definition) is 0. The number of aromatic nitrogens is 2. The quantitative estimate of drug-likeness (QED) is 0.374. The standard InChI is InChI=1S/C26H29N2/c1-18-12-13-19(2)22(16-18)25-27(6)23-15-14-21(20-10-8-7-9-11-20)17-24(23)28(25)26(3,4)5/h7-17H,1-6H3/q+1. The molecule has 0 saturated carbocycles. The predicted octanol–water partition coefficient (Wildman–Crippen LogP) is 6.17. The molecule has 0 amide bonds. The van der Waals surface area contributed by atoms with Crippen molar-refractivity contribution in [3.05, 3.63) is 77.9 Å². The van der Waals surface area contributed by atoms with Crippen molar-refractivity contribution in [2.75, 3.05) is 0 Å². The number of rotatable bonds is 2. The summed E-state index contributed by atoms with van der Waals surface area (Å²) in [6, 6.07) is 24.2. The van der Waals surface area contributed by atoms with Crippen LogP contribution in [0.1, 0.15) is 31.9 Å². The summed E-state index contributed by atoms with van der Waals surface area (Å²) < 4.78 is 4.84. The maximum absolute atomic E-state index is 2.50. The van der Waals surface area contributed by atoms with Gasteiger partial charge in [-0.25, -0.2) is 9.13 Å². The largest absolute Gasteiger partial charge is 0.290 e. The van der Waals surface area contributed by atoms with E-state index in [0.29, 0.717) is 0 Å². The van der Waals surface area contributed by atoms with Gasteiger partial charge >= 0.3 is 0 Å². The lowest BCUT2D eigenvalue weighted by Crippen LogP contribution is -2.33. The zero-order valence-corrected chi connectivity index (χ0v) is 17.7. The van der Waals surface area contributed by atoms with E-state index in [2.05, 4.69) is 118 Å². The molecular formula is C26H29N2+. The molecule has 0 bridgehead atoms. The SMILES string of the molecule is Cc1ccc(C)c(-c2n(C(C)(C)C)c3cc(-c4ccccc4)ccc3[n+]2C)c1. The second-order valence-corrected chi connectivity index (χ2v) is 8.78. The third kappa shape index (κ3) is 3.03. The third-order valence-corrected chi connectivity index (χ3v) is 5.52. The Bertz CT molecular complexity index is 1160. The molecule has 3 aromatic carbocycles. The number of nitrogens with zero attached hydrogens (tertiary/aromatic N) is 2. The monoisotopic (exact) mass is 369 g/mol. The lowest BCUT2D eigenvalue weighted by atomic mass is 10.0. The highest BCUT2D eigenvalue weighted by Gasteiger charge is 2.33. The summed E-state index contributed by atoms with van der Waals surface area (Å²) in [5.41, 5.74) is 8.88. The molecule has 28 heavy (non-hydrogen) atoms. The average molecular weight is 370 g/mol. The maximum atomic E-state index is 2.50. The van der Waals surface area contributed by atoms with Gasteiger partial charge in [-0.15, -0.1) is 0 Å². The molecule has 0 aliphatic rings. The van der Waals surface area contributed by atoms with Gasteiger partial charge < -0.3 is 0 Å². The molecule has 142 valence electrons. The van der Waals surface area contributed by atoms with E-state index in [-0.39, 0.29) is 5.54 Å². The first kappa shape index (κ1) is 18.5. The number of hydrogen-bond donors (Lipinski definition) is 0. The average Bonchev–Trinajstić information content (AvgIpc) is 2.96. The van der Waals surface area contributed by atoms with Crippen molar-refractivity contribution in [1.82, 2.24) is 4.57 Å². The molecule has 0 radical (unpaired) electrons. The van der Waals surface area contributed by atoms with Gasteiger partial charge in [0.15, 0.2) is 11.0 Å². The summed E-state index contributed by atoms with van der Waals surface area (Å²) in [7, 11) is 2.18. The molecule has 0 unspecified atom stereocenters. The second-order valence-electron chi connectivity index (χ2n) is 8.78. The van der Waals surface area contributed by atoms with E-state index in [1.165, 1.54) is 44.7 Å². The van der Waals surface area contributed by atoms with Crippen molar-refractivity contribution in [3.63, 3.8) is 0 Å². The van der Waals surface area contributed by atoms with Gasteiger partial charge in [-0.2, -0.15) is 0 Å². The van der Waals surface area contributed by atoms with Gasteiger partial charge in [-0.3, -0.25) is 0 Å². The van der Waals surface area contributed by atoms with Crippen LogP contribution < -0.4 is 4.57 Å². The van der Waals surface area contributed by atoms with Crippen molar-refractivity contribution in [1.29, 1.82) is 0 Å². The first-order valence-electron chi connectivity index (χ1n) is 9.95. The lowest BCUT2D eigenvalue weighted by Gasteiger charge is -2.19. The summed E-state index contributed by atoms with van der Waals surface area (Å²) in [4.78, 5) is 0. The maximum Gasteiger partial charge on any atom is 0.290 e. The highest BCUT2D eigenvalue weighted by molar-refractivity contribution is 5.83. The van der Waals surface area contributed by atoms with Gasteiger partial charge in [0.1, 0.15) is 5.54 Å². The molecule has 0 aliphatic carbocycles. The molecular weight excluding hydrogens is 340 g/mol. The summed E-state index contributed by atoms with van der Waals surface area (Å²) in [6.07, 6.45) is 0. The molecule has 1 aromatic heterocycles. The van der Waals surface area contributed by atoms with E-state index in [0.717, 1.165) is 0 Å². The molecule has 4 aromatic rings. The normalized spacial score (nSPS) is 11.9. The van der Waals surface area contributed by atoms with Crippen molar-refractivity contribution in [3.8, 4) is 22.5 Å². The van der Waals surface area contributed by atoms with Crippen LogP contribution in [0.15, 0.2) is 66.7 Å². The minimum Gasteiger partial charge on any atom is -0.226 e. The molecule has 2 heteroatoms. The van der Waals surface area contributed by atoms with Crippen LogP contribution in [0, 0.1) is 13.8 Å². The van der Waals surface area contributed by atoms with Crippen LogP contribution in [0.25, 0.3) is 33.5 Å². The Labute approximate surface area is 168 Å². The fourth-order valence-electron chi connectivity index (χ4n) is 4.13. The van der Waals surface area contributed by atoms with E-state index in [1.807, 2.05) is 0 Å². The van der Waals surface area contributed by atoms with Crippen LogP contribution in [0.5, 0.6) is 0 Å². The van der Waals surface area contributed by atoms with Crippen LogP contribution >= 0.6 is 0 Å². The Morgan fingerprint density at radius 3 is 2.18 bits per heavy atom. The zero-order chi connectivity index (χ0) is 20.1. The Morgan fingerprint density at radius 2 is 1.50 bits per heavy atom. The summed E-state index contributed by atoms with van der Waals surface area (Å²) >= 11 is 0. The van der Waals surface area contributed by atoms with Gasteiger partial charge in [0.2, 0.25) is 0 Å². The molecule has 0 aliphatic heterocycles. The minimum atomic E-state index is -0.0413. The molecule has 1 heterocycles. The fourth-order valence-corrected chi connectivity index (χ4v) is 4.13. The van der Waals surface area contributed by atoms with Crippen molar-refractivity contribution >= 4 is 11.0 Å². The van der Waals surface area contributed by atoms with Gasteiger partial charge in [0.25, 0.3) is 5.82 Å². The van der Waals surface area contributed by atoms with E-state index in [1.54, 1.807) is 0 Å². The Balaban J connectivity index is 2.08. The molecule has 0 saturated heterocycles. The van der Waals surface area contributed by atoms with E-state index < -0.39 is 0 Å². The van der Waals surface area contributed by atoms with Crippen LogP contribution in [-0.2, 0) is 12.6 Å². The van der Waals surface area contributed by atoms with Gasteiger partial charge in [-0.05, 0) is 75.6 Å². The Morgan fingerprint density at radius 1 is 0.786 bits per heavy atom. The van der Waals surface area contributed by atoms with Crippen molar-refractivity contribution in [2.45, 2.75) is 40.2 Å². The first-order chi connectivity index (χ1) is 13.3. The van der Waals surface area contributed by atoms with Crippen LogP contribution in [-0.4, -0.2) is 4.57 Å². The van der Waals surface area contributed by atoms with Gasteiger partial charge in [-0.1, -0.05) is 48.0 Å². The van der Waals surface area contributed by atoms with Gasteiger partial charge in [0.05, 0.1) is 12.6 Å². The number of aryl methyl sites for hydroxylation is 3. The lowest BCUT2D eigenvalue weighted by molar-refractivity contribution is -0.634. The summed E-state index contributed by atoms with van der Waals surface area (Å²) in [5.74, 6) is 1.26. The van der Waals surface area contributed by atoms with E-state index >= 15 is 0 Å². The molecule has 0 spiro atoms. The zero-order valence-electron chi connectivity index (χ0n) is 17.7. The van der Waals surface area contributed by atoms with Crippen LogP contribution in [0.2, 0.25) is 0 Å². The summed E-state index contributed by atoms with van der Waals surface area (Å²) in [5, 5.41) is 0. The molecule has 4 rings (SSSR count). The highest BCUT2D eigenvalue weighted by atomic mass is 15.2. The Kier molecular flexibility index (Phi) is 4.38. The Hall–Kier alpha value is -2.87. The molecule has 0 fully saturated rings. The summed E-state index contributed by atoms with van der Waals surface area (Å²) in [6.45, 7) is 11.2. The number of benzene rings is 3. The molecule has 0 N–H and O–H groups in total. The third-order valence-electron chi connectivity index (χ3n) is 5.52. The molecule has 2 nitrogen and oxygen atoms in total.